The number of carboxylic acids is 1. The Kier molecular flexibility index (Phi) is 3.10. The van der Waals surface area contributed by atoms with Crippen LogP contribution in [0.15, 0.2) is 24.4 Å². The highest BCUT2D eigenvalue weighted by atomic mass is 19.2. The summed E-state index contributed by atoms with van der Waals surface area (Å²) >= 11 is 0. The molecule has 0 bridgehead atoms. The van der Waals surface area contributed by atoms with Crippen molar-refractivity contribution in [3.63, 3.8) is 0 Å². The molecule has 18 heavy (non-hydrogen) atoms. The molecule has 0 spiro atoms. The number of hydrogen-bond acceptors (Lipinski definition) is 2. The van der Waals surface area contributed by atoms with Crippen LogP contribution in [0.3, 0.4) is 0 Å². The van der Waals surface area contributed by atoms with E-state index in [0.717, 1.165) is 12.1 Å². The third kappa shape index (κ3) is 2.22. The molecule has 2 aromatic rings. The molecule has 1 aromatic carbocycles. The van der Waals surface area contributed by atoms with Gasteiger partial charge in [0.25, 0.3) is 0 Å². The summed E-state index contributed by atoms with van der Waals surface area (Å²) in [5.41, 5.74) is 0.849. The zero-order valence-electron chi connectivity index (χ0n) is 9.45. The van der Waals surface area contributed by atoms with E-state index in [4.69, 9.17) is 5.11 Å². The van der Waals surface area contributed by atoms with Crippen LogP contribution >= 0.6 is 0 Å². The van der Waals surface area contributed by atoms with Crippen molar-refractivity contribution in [1.29, 1.82) is 0 Å². The molecule has 0 aliphatic carbocycles. The molecular weight excluding hydrogens is 242 g/mol. The molecule has 4 nitrogen and oxygen atoms in total. The van der Waals surface area contributed by atoms with Crippen LogP contribution in [0, 0.1) is 11.6 Å². The molecule has 0 aliphatic heterocycles. The fraction of sp³-hybridized carbons (Fsp3) is 0.167. The maximum Gasteiger partial charge on any atom is 0.313 e. The smallest absolute Gasteiger partial charge is 0.313 e. The van der Waals surface area contributed by atoms with Crippen LogP contribution in [-0.2, 0) is 4.79 Å². The normalized spacial score (nSPS) is 12.4. The summed E-state index contributed by atoms with van der Waals surface area (Å²) < 4.78 is 25.8. The number of halogens is 2. The molecule has 2 rings (SSSR count). The number of benzene rings is 1. The van der Waals surface area contributed by atoms with Gasteiger partial charge in [-0.05, 0) is 25.1 Å². The summed E-state index contributed by atoms with van der Waals surface area (Å²) in [4.78, 5) is 17.5. The Bertz CT molecular complexity index is 596. The lowest BCUT2D eigenvalue weighted by molar-refractivity contribution is -0.138. The maximum atomic E-state index is 13.1. The summed E-state index contributed by atoms with van der Waals surface area (Å²) in [6, 6.07) is 3.42. The van der Waals surface area contributed by atoms with Gasteiger partial charge >= 0.3 is 5.97 Å². The average molecular weight is 252 g/mol. The molecule has 6 heteroatoms. The third-order valence-corrected chi connectivity index (χ3v) is 2.61. The van der Waals surface area contributed by atoms with Crippen molar-refractivity contribution in [1.82, 2.24) is 9.97 Å². The SMILES string of the molecule is CC(C(=O)O)c1ncc(-c2ccc(F)c(F)c2)[nH]1. The summed E-state index contributed by atoms with van der Waals surface area (Å²) in [6.45, 7) is 1.48. The van der Waals surface area contributed by atoms with Gasteiger partial charge in [0.2, 0.25) is 0 Å². The van der Waals surface area contributed by atoms with Crippen molar-refractivity contribution in [3.8, 4) is 11.3 Å². The Labute approximate surface area is 101 Å². The first-order chi connectivity index (χ1) is 8.49. The summed E-state index contributed by atoms with van der Waals surface area (Å²) in [5, 5.41) is 8.83. The van der Waals surface area contributed by atoms with Gasteiger partial charge < -0.3 is 10.1 Å². The van der Waals surface area contributed by atoms with E-state index < -0.39 is 23.5 Å². The second-order valence-corrected chi connectivity index (χ2v) is 3.87. The topological polar surface area (TPSA) is 66.0 Å². The lowest BCUT2D eigenvalue weighted by atomic mass is 10.1. The highest BCUT2D eigenvalue weighted by molar-refractivity contribution is 5.74. The lowest BCUT2D eigenvalue weighted by Gasteiger charge is -2.01. The zero-order valence-corrected chi connectivity index (χ0v) is 9.45. The number of aromatic nitrogens is 2. The van der Waals surface area contributed by atoms with E-state index in [1.165, 1.54) is 19.2 Å². The quantitative estimate of drug-likeness (QED) is 0.882. The first kappa shape index (κ1) is 12.2. The summed E-state index contributed by atoms with van der Waals surface area (Å²) in [6.07, 6.45) is 1.39. The highest BCUT2D eigenvalue weighted by Gasteiger charge is 2.17. The number of rotatable bonds is 3. The monoisotopic (exact) mass is 252 g/mol. The maximum absolute atomic E-state index is 13.1. The fourth-order valence-corrected chi connectivity index (χ4v) is 1.48. The predicted molar refractivity (Wildman–Crippen MR) is 60.0 cm³/mol. The molecule has 1 aromatic heterocycles. The molecule has 0 aliphatic rings. The molecule has 2 N–H and O–H groups in total. The average Bonchev–Trinajstić information content (AvgIpc) is 2.81. The van der Waals surface area contributed by atoms with E-state index in [1.54, 1.807) is 0 Å². The van der Waals surface area contributed by atoms with Gasteiger partial charge in [-0.1, -0.05) is 0 Å². The van der Waals surface area contributed by atoms with Crippen LogP contribution in [0.25, 0.3) is 11.3 Å². The van der Waals surface area contributed by atoms with Crippen molar-refractivity contribution < 1.29 is 18.7 Å². The Balaban J connectivity index is 2.35. The molecule has 1 unspecified atom stereocenters. The summed E-state index contributed by atoms with van der Waals surface area (Å²) in [7, 11) is 0. The molecule has 1 heterocycles. The minimum atomic E-state index is -1.01. The van der Waals surface area contributed by atoms with Gasteiger partial charge in [-0.3, -0.25) is 4.79 Å². The van der Waals surface area contributed by atoms with Crippen LogP contribution in [0.4, 0.5) is 8.78 Å². The Morgan fingerprint density at radius 3 is 2.72 bits per heavy atom. The largest absolute Gasteiger partial charge is 0.481 e. The van der Waals surface area contributed by atoms with Crippen molar-refractivity contribution in [3.05, 3.63) is 41.9 Å². The van der Waals surface area contributed by atoms with E-state index >= 15 is 0 Å². The van der Waals surface area contributed by atoms with E-state index in [-0.39, 0.29) is 5.82 Å². The molecule has 0 fully saturated rings. The number of aliphatic carboxylic acids is 1. The molecule has 0 radical (unpaired) electrons. The van der Waals surface area contributed by atoms with Crippen LogP contribution in [0.1, 0.15) is 18.7 Å². The zero-order chi connectivity index (χ0) is 13.3. The first-order valence-electron chi connectivity index (χ1n) is 5.22. The third-order valence-electron chi connectivity index (χ3n) is 2.61. The molecule has 0 saturated heterocycles. The number of imidazole rings is 1. The second-order valence-electron chi connectivity index (χ2n) is 3.87. The van der Waals surface area contributed by atoms with Gasteiger partial charge in [0.1, 0.15) is 11.7 Å². The minimum Gasteiger partial charge on any atom is -0.481 e. The van der Waals surface area contributed by atoms with E-state index in [1.807, 2.05) is 0 Å². The van der Waals surface area contributed by atoms with Crippen molar-refractivity contribution in [2.45, 2.75) is 12.8 Å². The standard InChI is InChI=1S/C12H10F2N2O2/c1-6(12(17)18)11-15-5-10(16-11)7-2-3-8(13)9(14)4-7/h2-6H,1H3,(H,15,16)(H,17,18). The van der Waals surface area contributed by atoms with E-state index in [9.17, 15) is 13.6 Å². The fourth-order valence-electron chi connectivity index (χ4n) is 1.48. The molecule has 94 valence electrons. The Hall–Kier alpha value is -2.24. The molecular formula is C12H10F2N2O2. The predicted octanol–water partition coefficient (Wildman–Crippen LogP) is 2.54. The van der Waals surface area contributed by atoms with Gasteiger partial charge in [0, 0.05) is 5.56 Å². The van der Waals surface area contributed by atoms with Gasteiger partial charge in [0.05, 0.1) is 11.9 Å². The van der Waals surface area contributed by atoms with E-state index in [2.05, 4.69) is 9.97 Å². The van der Waals surface area contributed by atoms with Gasteiger partial charge in [-0.2, -0.15) is 0 Å². The van der Waals surface area contributed by atoms with Crippen molar-refractivity contribution in [2.75, 3.05) is 0 Å². The number of carboxylic acid groups (broad SMARTS) is 1. The van der Waals surface area contributed by atoms with Crippen LogP contribution < -0.4 is 0 Å². The number of nitrogens with zero attached hydrogens (tertiary/aromatic N) is 1. The Morgan fingerprint density at radius 1 is 1.39 bits per heavy atom. The van der Waals surface area contributed by atoms with Crippen LogP contribution in [0.5, 0.6) is 0 Å². The molecule has 1 atom stereocenters. The Morgan fingerprint density at radius 2 is 2.11 bits per heavy atom. The highest BCUT2D eigenvalue weighted by Crippen LogP contribution is 2.22. The van der Waals surface area contributed by atoms with Crippen LogP contribution in [-0.4, -0.2) is 21.0 Å². The van der Waals surface area contributed by atoms with Crippen LogP contribution in [0.2, 0.25) is 0 Å². The molecule has 0 saturated carbocycles. The molecule has 0 amide bonds. The second kappa shape index (κ2) is 4.56. The first-order valence-corrected chi connectivity index (χ1v) is 5.22. The van der Waals surface area contributed by atoms with Gasteiger partial charge in [0.15, 0.2) is 11.6 Å². The number of hydrogen-bond donors (Lipinski definition) is 2. The van der Waals surface area contributed by atoms with Gasteiger partial charge in [-0.15, -0.1) is 0 Å². The summed E-state index contributed by atoms with van der Waals surface area (Å²) in [5.74, 6) is -3.43. The van der Waals surface area contributed by atoms with Crippen molar-refractivity contribution in [2.24, 2.45) is 0 Å². The van der Waals surface area contributed by atoms with E-state index in [0.29, 0.717) is 11.3 Å². The number of carbonyl (C=O) groups is 1. The van der Waals surface area contributed by atoms with Crippen molar-refractivity contribution >= 4 is 5.97 Å². The van der Waals surface area contributed by atoms with Gasteiger partial charge in [-0.25, -0.2) is 13.8 Å². The number of aromatic amines is 1. The number of nitrogens with one attached hydrogen (secondary N) is 1. The lowest BCUT2D eigenvalue weighted by Crippen LogP contribution is -2.08. The number of H-pyrrole nitrogens is 1. The minimum absolute atomic E-state index is 0.266.